The van der Waals surface area contributed by atoms with Crippen molar-refractivity contribution in [1.82, 2.24) is 0 Å². The van der Waals surface area contributed by atoms with Crippen LogP contribution in [0.5, 0.6) is 5.75 Å². The van der Waals surface area contributed by atoms with Gasteiger partial charge in [-0.2, -0.15) is 5.26 Å². The highest BCUT2D eigenvalue weighted by molar-refractivity contribution is 5.58. The SMILES string of the molecule is COc1cccc(CCNc2ccc(N)c(CC#N)c2)c1. The lowest BCUT2D eigenvalue weighted by molar-refractivity contribution is 0.414. The Morgan fingerprint density at radius 3 is 2.86 bits per heavy atom. The van der Waals surface area contributed by atoms with E-state index in [1.54, 1.807) is 7.11 Å². The molecule has 3 N–H and O–H groups in total. The van der Waals surface area contributed by atoms with E-state index in [0.29, 0.717) is 12.1 Å². The first-order chi connectivity index (χ1) is 10.2. The quantitative estimate of drug-likeness (QED) is 0.798. The van der Waals surface area contributed by atoms with Crippen molar-refractivity contribution >= 4 is 11.4 Å². The third-order valence-electron chi connectivity index (χ3n) is 3.29. The summed E-state index contributed by atoms with van der Waals surface area (Å²) in [6.07, 6.45) is 1.23. The van der Waals surface area contributed by atoms with E-state index >= 15 is 0 Å². The van der Waals surface area contributed by atoms with Gasteiger partial charge in [0, 0.05) is 17.9 Å². The Morgan fingerprint density at radius 2 is 2.10 bits per heavy atom. The van der Waals surface area contributed by atoms with Gasteiger partial charge in [0.1, 0.15) is 5.75 Å². The fourth-order valence-corrected chi connectivity index (χ4v) is 2.13. The molecule has 0 aliphatic heterocycles. The Labute approximate surface area is 125 Å². The molecule has 0 aromatic heterocycles. The number of benzene rings is 2. The number of methoxy groups -OCH3 is 1. The zero-order valence-corrected chi connectivity index (χ0v) is 12.1. The minimum Gasteiger partial charge on any atom is -0.497 e. The summed E-state index contributed by atoms with van der Waals surface area (Å²) in [6, 6.07) is 15.9. The van der Waals surface area contributed by atoms with Crippen molar-refractivity contribution in [1.29, 1.82) is 5.26 Å². The van der Waals surface area contributed by atoms with Crippen LogP contribution in [0.3, 0.4) is 0 Å². The first-order valence-electron chi connectivity index (χ1n) is 6.85. The number of nitrogen functional groups attached to an aromatic ring is 1. The van der Waals surface area contributed by atoms with Gasteiger partial charge in [-0.05, 0) is 47.9 Å². The molecule has 0 fully saturated rings. The Balaban J connectivity index is 1.94. The number of nitrogens with two attached hydrogens (primary N) is 1. The summed E-state index contributed by atoms with van der Waals surface area (Å²) in [7, 11) is 1.67. The number of nitriles is 1. The lowest BCUT2D eigenvalue weighted by Crippen LogP contribution is -2.06. The summed E-state index contributed by atoms with van der Waals surface area (Å²) in [6.45, 7) is 0.809. The summed E-state index contributed by atoms with van der Waals surface area (Å²) >= 11 is 0. The molecule has 2 aromatic rings. The van der Waals surface area contributed by atoms with Crippen molar-refractivity contribution in [3.8, 4) is 11.8 Å². The van der Waals surface area contributed by atoms with Gasteiger partial charge < -0.3 is 15.8 Å². The average molecular weight is 281 g/mol. The van der Waals surface area contributed by atoms with Gasteiger partial charge in [0.15, 0.2) is 0 Å². The molecule has 0 radical (unpaired) electrons. The predicted octanol–water partition coefficient (Wildman–Crippen LogP) is 3.00. The van der Waals surface area contributed by atoms with E-state index in [1.807, 2.05) is 36.4 Å². The second kappa shape index (κ2) is 7.20. The summed E-state index contributed by atoms with van der Waals surface area (Å²) in [5.41, 5.74) is 9.56. The lowest BCUT2D eigenvalue weighted by Gasteiger charge is -2.10. The smallest absolute Gasteiger partial charge is 0.119 e. The van der Waals surface area contributed by atoms with Gasteiger partial charge in [0.05, 0.1) is 19.6 Å². The fraction of sp³-hybridized carbons (Fsp3) is 0.235. The van der Waals surface area contributed by atoms with Crippen LogP contribution in [-0.2, 0) is 12.8 Å². The van der Waals surface area contributed by atoms with Gasteiger partial charge in [-0.1, -0.05) is 12.1 Å². The Hall–Kier alpha value is -2.67. The zero-order chi connectivity index (χ0) is 15.1. The minimum absolute atomic E-state index is 0.331. The number of hydrogen-bond acceptors (Lipinski definition) is 4. The van der Waals surface area contributed by atoms with Crippen molar-refractivity contribution in [3.05, 3.63) is 53.6 Å². The third-order valence-corrected chi connectivity index (χ3v) is 3.29. The second-order valence-corrected chi connectivity index (χ2v) is 4.78. The van der Waals surface area contributed by atoms with Crippen molar-refractivity contribution in [3.63, 3.8) is 0 Å². The lowest BCUT2D eigenvalue weighted by atomic mass is 10.1. The van der Waals surface area contributed by atoms with Gasteiger partial charge in [0.2, 0.25) is 0 Å². The van der Waals surface area contributed by atoms with E-state index < -0.39 is 0 Å². The van der Waals surface area contributed by atoms with Crippen LogP contribution >= 0.6 is 0 Å². The largest absolute Gasteiger partial charge is 0.497 e. The number of hydrogen-bond donors (Lipinski definition) is 2. The molecule has 0 heterocycles. The normalized spacial score (nSPS) is 9.90. The van der Waals surface area contributed by atoms with E-state index in [0.717, 1.165) is 30.0 Å². The molecule has 0 aliphatic rings. The van der Waals surface area contributed by atoms with E-state index in [-0.39, 0.29) is 0 Å². The molecule has 4 heteroatoms. The van der Waals surface area contributed by atoms with Crippen LogP contribution < -0.4 is 15.8 Å². The topological polar surface area (TPSA) is 71.1 Å². The van der Waals surface area contributed by atoms with E-state index in [1.165, 1.54) is 5.56 Å². The predicted molar refractivity (Wildman–Crippen MR) is 85.4 cm³/mol. The highest BCUT2D eigenvalue weighted by atomic mass is 16.5. The molecule has 21 heavy (non-hydrogen) atoms. The maximum Gasteiger partial charge on any atom is 0.119 e. The van der Waals surface area contributed by atoms with Crippen molar-refractivity contribution in [2.75, 3.05) is 24.7 Å². The molecule has 0 saturated heterocycles. The summed E-state index contributed by atoms with van der Waals surface area (Å²) in [5.74, 6) is 0.872. The highest BCUT2D eigenvalue weighted by Crippen LogP contribution is 2.18. The first-order valence-corrected chi connectivity index (χ1v) is 6.85. The Kier molecular flexibility index (Phi) is 5.05. The summed E-state index contributed by atoms with van der Waals surface area (Å²) in [4.78, 5) is 0. The molecule has 4 nitrogen and oxygen atoms in total. The summed E-state index contributed by atoms with van der Waals surface area (Å²) < 4.78 is 5.21. The van der Waals surface area contributed by atoms with Crippen LogP contribution in [0.1, 0.15) is 11.1 Å². The molecule has 2 rings (SSSR count). The number of anilines is 2. The second-order valence-electron chi connectivity index (χ2n) is 4.78. The van der Waals surface area contributed by atoms with E-state index in [4.69, 9.17) is 15.7 Å². The Bertz CT molecular complexity index is 647. The number of ether oxygens (including phenoxy) is 1. The van der Waals surface area contributed by atoms with Crippen LogP contribution in [0.25, 0.3) is 0 Å². The molecular formula is C17H19N3O. The molecule has 108 valence electrons. The van der Waals surface area contributed by atoms with Crippen LogP contribution in [0.15, 0.2) is 42.5 Å². The van der Waals surface area contributed by atoms with Crippen molar-refractivity contribution in [2.24, 2.45) is 0 Å². The Morgan fingerprint density at radius 1 is 1.24 bits per heavy atom. The minimum atomic E-state index is 0.331. The zero-order valence-electron chi connectivity index (χ0n) is 12.1. The maximum absolute atomic E-state index is 8.77. The monoisotopic (exact) mass is 281 g/mol. The number of nitrogens with one attached hydrogen (secondary N) is 1. The van der Waals surface area contributed by atoms with E-state index in [9.17, 15) is 0 Å². The molecule has 0 amide bonds. The molecule has 0 saturated carbocycles. The molecule has 0 aliphatic carbocycles. The van der Waals surface area contributed by atoms with Gasteiger partial charge in [-0.25, -0.2) is 0 Å². The van der Waals surface area contributed by atoms with Gasteiger partial charge in [-0.15, -0.1) is 0 Å². The van der Waals surface area contributed by atoms with Crippen LogP contribution in [0, 0.1) is 11.3 Å². The molecule has 0 atom stereocenters. The highest BCUT2D eigenvalue weighted by Gasteiger charge is 2.01. The fourth-order valence-electron chi connectivity index (χ4n) is 2.13. The van der Waals surface area contributed by atoms with Crippen LogP contribution in [0.4, 0.5) is 11.4 Å². The van der Waals surface area contributed by atoms with Crippen molar-refractivity contribution in [2.45, 2.75) is 12.8 Å². The molecule has 0 spiro atoms. The number of rotatable bonds is 6. The van der Waals surface area contributed by atoms with E-state index in [2.05, 4.69) is 17.5 Å². The third kappa shape index (κ3) is 4.15. The maximum atomic E-state index is 8.77. The van der Waals surface area contributed by atoms with Gasteiger partial charge in [0.25, 0.3) is 0 Å². The number of nitrogens with zero attached hydrogens (tertiary/aromatic N) is 1. The first kappa shape index (κ1) is 14.7. The molecule has 0 unspecified atom stereocenters. The van der Waals surface area contributed by atoms with Gasteiger partial charge >= 0.3 is 0 Å². The standard InChI is InChI=1S/C17H19N3O/c1-21-16-4-2-3-13(11-16)8-10-20-15-5-6-17(19)14(12-15)7-9-18/h2-6,11-12,20H,7-8,10,19H2,1H3. The van der Waals surface area contributed by atoms with Crippen molar-refractivity contribution < 1.29 is 4.74 Å². The molecular weight excluding hydrogens is 262 g/mol. The summed E-state index contributed by atoms with van der Waals surface area (Å²) in [5, 5.41) is 12.1. The average Bonchev–Trinajstić information content (AvgIpc) is 2.51. The van der Waals surface area contributed by atoms with Crippen LogP contribution in [-0.4, -0.2) is 13.7 Å². The van der Waals surface area contributed by atoms with Crippen LogP contribution in [0.2, 0.25) is 0 Å². The molecule has 0 bridgehead atoms. The van der Waals surface area contributed by atoms with Gasteiger partial charge in [-0.3, -0.25) is 0 Å². The molecule has 2 aromatic carbocycles.